The Balaban J connectivity index is 0.00000129. The lowest BCUT2D eigenvalue weighted by Gasteiger charge is -2.31. The summed E-state index contributed by atoms with van der Waals surface area (Å²) in [6.45, 7) is 4.16. The van der Waals surface area contributed by atoms with Crippen molar-refractivity contribution in [3.8, 4) is 31.6 Å². The van der Waals surface area contributed by atoms with Crippen molar-refractivity contribution in [2.45, 2.75) is 51.7 Å². The normalized spacial score (nSPS) is 19.6. The average Bonchev–Trinajstić information content (AvgIpc) is 3.12. The lowest BCUT2D eigenvalue weighted by atomic mass is 9.86. The summed E-state index contributed by atoms with van der Waals surface area (Å²) in [4.78, 5) is 0. The zero-order valence-electron chi connectivity index (χ0n) is 18.1. The summed E-state index contributed by atoms with van der Waals surface area (Å²) in [6.07, 6.45) is 18.2. The lowest BCUT2D eigenvalue weighted by Crippen LogP contribution is -2.35. The van der Waals surface area contributed by atoms with Crippen molar-refractivity contribution >= 4 is 0 Å². The maximum atomic E-state index is 9.98. The van der Waals surface area contributed by atoms with Crippen molar-refractivity contribution < 1.29 is 20.1 Å². The Hall–Kier alpha value is -2.77. The second kappa shape index (κ2) is 15.1. The molecule has 30 heavy (non-hydrogen) atoms. The van der Waals surface area contributed by atoms with Gasteiger partial charge in [0, 0.05) is 37.8 Å². The monoisotopic (exact) mass is 414 g/mol. The highest BCUT2D eigenvalue weighted by Gasteiger charge is 2.29. The molecule has 3 atom stereocenters. The fraction of sp³-hybridized carbons (Fsp3) is 0.458. The molecule has 6 heteroatoms. The van der Waals surface area contributed by atoms with Crippen LogP contribution in [0.5, 0.6) is 5.88 Å². The number of rotatable bonds is 5. The minimum Gasteiger partial charge on any atom is -0.473 e. The van der Waals surface area contributed by atoms with Crippen molar-refractivity contribution in [1.82, 2.24) is 10.2 Å². The number of aryl methyl sites for hydroxylation is 2. The van der Waals surface area contributed by atoms with E-state index >= 15 is 0 Å². The van der Waals surface area contributed by atoms with Gasteiger partial charge in [-0.05, 0) is 38.2 Å². The highest BCUT2D eigenvalue weighted by molar-refractivity contribution is 5.36. The van der Waals surface area contributed by atoms with Gasteiger partial charge in [0.05, 0.1) is 6.10 Å². The minimum absolute atomic E-state index is 0.0900. The first-order chi connectivity index (χ1) is 14.5. The molecule has 0 spiro atoms. The van der Waals surface area contributed by atoms with Gasteiger partial charge in [-0.15, -0.1) is 30.8 Å². The Morgan fingerprint density at radius 3 is 2.20 bits per heavy atom. The highest BCUT2D eigenvalue weighted by Crippen LogP contribution is 2.30. The quantitative estimate of drug-likeness (QED) is 0.564. The molecule has 1 aromatic carbocycles. The molecule has 2 aromatic rings. The van der Waals surface area contributed by atoms with Crippen LogP contribution in [0.4, 0.5) is 0 Å². The maximum Gasteiger partial charge on any atom is 0.236 e. The first-order valence-corrected chi connectivity index (χ1v) is 9.71. The molecular formula is C24H34N2O4. The Morgan fingerprint density at radius 2 is 1.63 bits per heavy atom. The average molecular weight is 415 g/mol. The van der Waals surface area contributed by atoms with Crippen LogP contribution < -0.4 is 4.74 Å². The Bertz CT molecular complexity index is 744. The van der Waals surface area contributed by atoms with E-state index in [0.717, 1.165) is 31.2 Å². The van der Waals surface area contributed by atoms with Crippen LogP contribution >= 0.6 is 0 Å². The molecule has 0 bridgehead atoms. The highest BCUT2D eigenvalue weighted by atomic mass is 16.5. The predicted octanol–water partition coefficient (Wildman–Crippen LogP) is 2.63. The van der Waals surface area contributed by atoms with Crippen LogP contribution in [0.25, 0.3) is 0 Å². The molecule has 4 N–H and O–H groups in total. The van der Waals surface area contributed by atoms with E-state index in [0.29, 0.717) is 18.7 Å². The zero-order chi connectivity index (χ0) is 23.1. The number of terminal acetylenes is 2. The van der Waals surface area contributed by atoms with Crippen molar-refractivity contribution in [3.63, 3.8) is 0 Å². The van der Waals surface area contributed by atoms with E-state index < -0.39 is 6.10 Å². The second-order valence-corrected chi connectivity index (χ2v) is 6.94. The summed E-state index contributed by atoms with van der Waals surface area (Å²) in [5, 5.41) is 33.7. The van der Waals surface area contributed by atoms with E-state index in [2.05, 4.69) is 67.1 Å². The van der Waals surface area contributed by atoms with Crippen LogP contribution in [-0.4, -0.2) is 51.4 Å². The van der Waals surface area contributed by atoms with Gasteiger partial charge in [0.25, 0.3) is 0 Å². The molecule has 1 aromatic heterocycles. The topological polar surface area (TPSA) is 98.6 Å². The molecule has 1 fully saturated rings. The van der Waals surface area contributed by atoms with Gasteiger partial charge in [0.1, 0.15) is 6.10 Å². The first kappa shape index (κ1) is 27.2. The lowest BCUT2D eigenvalue weighted by molar-refractivity contribution is 0.00866. The third-order valence-corrected chi connectivity index (χ3v) is 4.81. The largest absolute Gasteiger partial charge is 0.473 e. The number of ether oxygens (including phenoxy) is 1. The molecular weight excluding hydrogens is 380 g/mol. The van der Waals surface area contributed by atoms with E-state index in [1.807, 2.05) is 6.92 Å². The number of aromatic amines is 1. The first-order valence-electron chi connectivity index (χ1n) is 9.71. The van der Waals surface area contributed by atoms with Crippen LogP contribution in [0, 0.1) is 45.5 Å². The van der Waals surface area contributed by atoms with Gasteiger partial charge >= 0.3 is 0 Å². The SMILES string of the molecule is C#C.C#C.CO.Cc1ccc(Cc2c(O[C@H]3C[C@@H](O)C[C@@H](CO)C3)n[nH]c2C)cc1. The zero-order valence-corrected chi connectivity index (χ0v) is 18.1. The van der Waals surface area contributed by atoms with E-state index in [1.165, 1.54) is 11.1 Å². The standard InChI is InChI=1S/C19H26N2O3.2C2H2.CH4O/c1-12-3-5-14(6-4-12)9-18-13(2)20-21-19(18)24-17-8-15(11-22)7-16(23)10-17;3*1-2/h3-6,15-17,22-23H,7-11H2,1-2H3,(H,20,21);2*1-2H;2H,1H3/t15-,16+,17-;;;/m1.../s1. The molecule has 0 radical (unpaired) electrons. The van der Waals surface area contributed by atoms with Crippen molar-refractivity contribution in [2.24, 2.45) is 5.92 Å². The van der Waals surface area contributed by atoms with E-state index in [9.17, 15) is 10.2 Å². The van der Waals surface area contributed by atoms with Gasteiger partial charge in [-0.1, -0.05) is 29.8 Å². The molecule has 0 aliphatic heterocycles. The van der Waals surface area contributed by atoms with Crippen molar-refractivity contribution in [1.29, 1.82) is 0 Å². The Morgan fingerprint density at radius 1 is 1.03 bits per heavy atom. The van der Waals surface area contributed by atoms with E-state index in [4.69, 9.17) is 9.84 Å². The number of H-pyrrole nitrogens is 1. The summed E-state index contributed by atoms with van der Waals surface area (Å²) in [7, 11) is 1.00. The number of nitrogens with one attached hydrogen (secondary N) is 1. The Labute approximate surface area is 180 Å². The van der Waals surface area contributed by atoms with Crippen molar-refractivity contribution in [3.05, 3.63) is 46.6 Å². The number of hydrogen-bond acceptors (Lipinski definition) is 5. The summed E-state index contributed by atoms with van der Waals surface area (Å²) >= 11 is 0. The molecule has 164 valence electrons. The number of nitrogens with zero attached hydrogens (tertiary/aromatic N) is 1. The molecule has 1 aliphatic carbocycles. The molecule has 3 rings (SSSR count). The second-order valence-electron chi connectivity index (χ2n) is 6.94. The molecule has 1 aliphatic rings. The minimum atomic E-state index is -0.415. The van der Waals surface area contributed by atoms with Crippen molar-refractivity contribution in [2.75, 3.05) is 13.7 Å². The molecule has 1 heterocycles. The fourth-order valence-corrected chi connectivity index (χ4v) is 3.40. The third-order valence-electron chi connectivity index (χ3n) is 4.81. The van der Waals surface area contributed by atoms with Crippen LogP contribution in [0.15, 0.2) is 24.3 Å². The molecule has 0 amide bonds. The smallest absolute Gasteiger partial charge is 0.236 e. The summed E-state index contributed by atoms with van der Waals surface area (Å²) in [6, 6.07) is 8.46. The number of benzene rings is 1. The van der Waals surface area contributed by atoms with Crippen LogP contribution in [0.3, 0.4) is 0 Å². The van der Waals surface area contributed by atoms with E-state index in [1.54, 1.807) is 0 Å². The maximum absolute atomic E-state index is 9.98. The van der Waals surface area contributed by atoms with Crippen LogP contribution in [0.1, 0.15) is 41.6 Å². The number of aliphatic hydroxyl groups is 3. The number of aliphatic hydroxyl groups excluding tert-OH is 3. The summed E-state index contributed by atoms with van der Waals surface area (Å²) in [5.74, 6) is 0.711. The Kier molecular flexibility index (Phi) is 13.7. The third kappa shape index (κ3) is 8.31. The summed E-state index contributed by atoms with van der Waals surface area (Å²) < 4.78 is 6.09. The van der Waals surface area contributed by atoms with Gasteiger partial charge in [-0.25, -0.2) is 0 Å². The van der Waals surface area contributed by atoms with Gasteiger partial charge < -0.3 is 20.1 Å². The number of aromatic nitrogens is 2. The molecule has 0 saturated heterocycles. The van der Waals surface area contributed by atoms with Gasteiger partial charge in [-0.3, -0.25) is 5.10 Å². The van der Waals surface area contributed by atoms with Crippen LogP contribution in [0.2, 0.25) is 0 Å². The fourth-order valence-electron chi connectivity index (χ4n) is 3.40. The summed E-state index contributed by atoms with van der Waals surface area (Å²) in [5.41, 5.74) is 4.51. The van der Waals surface area contributed by atoms with Crippen LogP contribution in [-0.2, 0) is 6.42 Å². The molecule has 6 nitrogen and oxygen atoms in total. The molecule has 0 unspecified atom stereocenters. The number of hydrogen-bond donors (Lipinski definition) is 4. The predicted molar refractivity (Wildman–Crippen MR) is 120 cm³/mol. The van der Waals surface area contributed by atoms with E-state index in [-0.39, 0.29) is 18.6 Å². The van der Waals surface area contributed by atoms with Gasteiger partial charge in [0.15, 0.2) is 0 Å². The van der Waals surface area contributed by atoms with Gasteiger partial charge in [0.2, 0.25) is 5.88 Å². The molecule has 1 saturated carbocycles. The van der Waals surface area contributed by atoms with Gasteiger partial charge in [-0.2, -0.15) is 0 Å².